The Kier molecular flexibility index (Phi) is 5.38. The number of halogens is 1. The fourth-order valence-corrected chi connectivity index (χ4v) is 2.65. The number of nitrogens with zero attached hydrogens (tertiary/aromatic N) is 2. The van der Waals surface area contributed by atoms with Crippen LogP contribution in [0.15, 0.2) is 73.1 Å². The van der Waals surface area contributed by atoms with Gasteiger partial charge in [-0.05, 0) is 29.8 Å². The summed E-state index contributed by atoms with van der Waals surface area (Å²) < 4.78 is 19.3. The second-order valence-corrected chi connectivity index (χ2v) is 5.65. The van der Waals surface area contributed by atoms with Crippen LogP contribution in [0.4, 0.5) is 4.39 Å². The molecular weight excluding hydrogens is 315 g/mol. The van der Waals surface area contributed by atoms with E-state index in [4.69, 9.17) is 10.00 Å². The molecular formula is C21H17FN2O. The predicted molar refractivity (Wildman–Crippen MR) is 93.7 cm³/mol. The molecule has 0 radical (unpaired) electrons. The number of rotatable bonds is 6. The van der Waals surface area contributed by atoms with E-state index in [0.717, 1.165) is 11.1 Å². The number of alkyl halides is 1. The molecule has 1 atom stereocenters. The minimum absolute atomic E-state index is 0.253. The fourth-order valence-electron chi connectivity index (χ4n) is 2.65. The molecule has 1 unspecified atom stereocenters. The van der Waals surface area contributed by atoms with E-state index >= 15 is 0 Å². The molecule has 0 bridgehead atoms. The zero-order chi connectivity index (χ0) is 17.5. The smallest absolute Gasteiger partial charge is 0.129 e. The summed E-state index contributed by atoms with van der Waals surface area (Å²) >= 11 is 0. The Morgan fingerprint density at radius 1 is 1.08 bits per heavy atom. The fraction of sp³-hybridized carbons (Fsp3) is 0.143. The van der Waals surface area contributed by atoms with Crippen LogP contribution in [0.3, 0.4) is 0 Å². The molecule has 124 valence electrons. The molecule has 0 aliphatic heterocycles. The topological polar surface area (TPSA) is 45.9 Å². The van der Waals surface area contributed by atoms with Crippen molar-refractivity contribution in [2.75, 3.05) is 0 Å². The second kappa shape index (κ2) is 8.07. The highest BCUT2D eigenvalue weighted by molar-refractivity contribution is 5.42. The van der Waals surface area contributed by atoms with Crippen LogP contribution in [-0.4, -0.2) is 4.98 Å². The normalized spacial score (nSPS) is 11.5. The highest BCUT2D eigenvalue weighted by Crippen LogP contribution is 2.27. The zero-order valence-electron chi connectivity index (χ0n) is 13.6. The molecule has 1 heterocycles. The summed E-state index contributed by atoms with van der Waals surface area (Å²) in [5.41, 5.74) is 2.74. The number of aromatic nitrogens is 1. The van der Waals surface area contributed by atoms with Gasteiger partial charge in [-0.2, -0.15) is 5.26 Å². The van der Waals surface area contributed by atoms with E-state index in [1.54, 1.807) is 30.6 Å². The van der Waals surface area contributed by atoms with Gasteiger partial charge in [-0.1, -0.05) is 36.4 Å². The summed E-state index contributed by atoms with van der Waals surface area (Å²) in [4.78, 5) is 4.17. The molecule has 3 aromatic rings. The van der Waals surface area contributed by atoms with E-state index < -0.39 is 6.67 Å². The molecule has 0 aliphatic rings. The number of pyridine rings is 1. The van der Waals surface area contributed by atoms with Crippen molar-refractivity contribution < 1.29 is 9.13 Å². The van der Waals surface area contributed by atoms with Crippen molar-refractivity contribution in [3.8, 4) is 11.8 Å². The predicted octanol–water partition coefficient (Wildman–Crippen LogP) is 4.79. The molecule has 1 aromatic heterocycles. The molecule has 4 heteroatoms. The summed E-state index contributed by atoms with van der Waals surface area (Å²) in [6.45, 7) is -0.698. The van der Waals surface area contributed by atoms with Crippen molar-refractivity contribution in [1.82, 2.24) is 4.98 Å². The van der Waals surface area contributed by atoms with Crippen LogP contribution in [0.25, 0.3) is 0 Å². The Balaban J connectivity index is 1.89. The maximum Gasteiger partial charge on any atom is 0.129 e. The molecule has 0 amide bonds. The van der Waals surface area contributed by atoms with Gasteiger partial charge in [-0.15, -0.1) is 0 Å². The SMILES string of the molecule is N#Cc1ccc(OC(Cc2ccccc2)c2cccnc2)cc1CF. The molecule has 0 N–H and O–H groups in total. The quantitative estimate of drug-likeness (QED) is 0.652. The Morgan fingerprint density at radius 2 is 1.92 bits per heavy atom. The Hall–Kier alpha value is -3.19. The van der Waals surface area contributed by atoms with Gasteiger partial charge in [0.15, 0.2) is 0 Å². The Bertz CT molecular complexity index is 860. The zero-order valence-corrected chi connectivity index (χ0v) is 13.6. The largest absolute Gasteiger partial charge is 0.485 e. The number of ether oxygens (including phenoxy) is 1. The van der Waals surface area contributed by atoms with E-state index in [-0.39, 0.29) is 6.10 Å². The van der Waals surface area contributed by atoms with Gasteiger partial charge in [0.25, 0.3) is 0 Å². The summed E-state index contributed by atoms with van der Waals surface area (Å²) in [6.07, 6.45) is 3.90. The standard InChI is InChI=1S/C21H17FN2O/c22-13-19-12-20(9-8-17(19)14-23)25-21(18-7-4-10-24-15-18)11-16-5-2-1-3-6-16/h1-10,12,15,21H,11,13H2. The molecule has 25 heavy (non-hydrogen) atoms. The minimum Gasteiger partial charge on any atom is -0.485 e. The maximum atomic E-state index is 13.1. The van der Waals surface area contributed by atoms with Crippen LogP contribution < -0.4 is 4.74 Å². The van der Waals surface area contributed by atoms with Gasteiger partial charge in [0, 0.05) is 29.9 Å². The first-order valence-electron chi connectivity index (χ1n) is 7.99. The van der Waals surface area contributed by atoms with Gasteiger partial charge in [0.1, 0.15) is 18.5 Å². The number of nitriles is 1. The third-order valence-corrected chi connectivity index (χ3v) is 3.94. The first-order chi connectivity index (χ1) is 12.3. The van der Waals surface area contributed by atoms with E-state index in [1.165, 1.54) is 0 Å². The lowest BCUT2D eigenvalue weighted by molar-refractivity contribution is 0.205. The van der Waals surface area contributed by atoms with Crippen LogP contribution >= 0.6 is 0 Å². The van der Waals surface area contributed by atoms with Gasteiger partial charge in [-0.3, -0.25) is 4.98 Å². The van der Waals surface area contributed by atoms with Gasteiger partial charge >= 0.3 is 0 Å². The molecule has 0 saturated heterocycles. The monoisotopic (exact) mass is 332 g/mol. The number of hydrogen-bond acceptors (Lipinski definition) is 3. The summed E-state index contributed by atoms with van der Waals surface area (Å²) in [6, 6.07) is 20.7. The van der Waals surface area contributed by atoms with Gasteiger partial charge < -0.3 is 4.74 Å². The molecule has 2 aromatic carbocycles. The summed E-state index contributed by atoms with van der Waals surface area (Å²) in [7, 11) is 0. The lowest BCUT2D eigenvalue weighted by Crippen LogP contribution is -2.11. The van der Waals surface area contributed by atoms with Gasteiger partial charge in [-0.25, -0.2) is 4.39 Å². The number of benzene rings is 2. The van der Waals surface area contributed by atoms with Crippen molar-refractivity contribution in [2.45, 2.75) is 19.2 Å². The minimum atomic E-state index is -0.698. The van der Waals surface area contributed by atoms with E-state index in [2.05, 4.69) is 4.98 Å². The molecule has 0 spiro atoms. The van der Waals surface area contributed by atoms with E-state index in [0.29, 0.717) is 23.3 Å². The van der Waals surface area contributed by atoms with Crippen molar-refractivity contribution in [3.63, 3.8) is 0 Å². The third-order valence-electron chi connectivity index (χ3n) is 3.94. The van der Waals surface area contributed by atoms with Crippen LogP contribution in [0, 0.1) is 11.3 Å². The molecule has 0 aliphatic carbocycles. The van der Waals surface area contributed by atoms with E-state index in [1.807, 2.05) is 48.5 Å². The van der Waals surface area contributed by atoms with Gasteiger partial charge in [0.2, 0.25) is 0 Å². The van der Waals surface area contributed by atoms with Crippen LogP contribution in [-0.2, 0) is 13.1 Å². The van der Waals surface area contributed by atoms with E-state index in [9.17, 15) is 4.39 Å². The summed E-state index contributed by atoms with van der Waals surface area (Å²) in [5.74, 6) is 0.538. The Labute approximate surface area is 146 Å². The molecule has 0 saturated carbocycles. The molecule has 3 nitrogen and oxygen atoms in total. The molecule has 0 fully saturated rings. The lowest BCUT2D eigenvalue weighted by Gasteiger charge is -2.20. The van der Waals surface area contributed by atoms with Crippen molar-refractivity contribution >= 4 is 0 Å². The average molecular weight is 332 g/mol. The van der Waals surface area contributed by atoms with Crippen molar-refractivity contribution in [2.24, 2.45) is 0 Å². The van der Waals surface area contributed by atoms with Crippen molar-refractivity contribution in [3.05, 3.63) is 95.3 Å². The number of hydrogen-bond donors (Lipinski definition) is 0. The third kappa shape index (κ3) is 4.21. The van der Waals surface area contributed by atoms with Gasteiger partial charge in [0.05, 0.1) is 11.6 Å². The van der Waals surface area contributed by atoms with Crippen LogP contribution in [0.1, 0.15) is 28.4 Å². The summed E-state index contributed by atoms with van der Waals surface area (Å²) in [5, 5.41) is 9.03. The van der Waals surface area contributed by atoms with Crippen molar-refractivity contribution in [1.29, 1.82) is 5.26 Å². The Morgan fingerprint density at radius 3 is 2.60 bits per heavy atom. The first kappa shape index (κ1) is 16.7. The average Bonchev–Trinajstić information content (AvgIpc) is 2.69. The highest BCUT2D eigenvalue weighted by Gasteiger charge is 2.16. The second-order valence-electron chi connectivity index (χ2n) is 5.65. The molecule has 3 rings (SSSR count). The first-order valence-corrected chi connectivity index (χ1v) is 7.99. The van der Waals surface area contributed by atoms with Crippen LogP contribution in [0.2, 0.25) is 0 Å². The lowest BCUT2D eigenvalue weighted by atomic mass is 10.0. The maximum absolute atomic E-state index is 13.1. The highest BCUT2D eigenvalue weighted by atomic mass is 19.1. The van der Waals surface area contributed by atoms with Crippen LogP contribution in [0.5, 0.6) is 5.75 Å².